The van der Waals surface area contributed by atoms with E-state index in [1.54, 1.807) is 4.68 Å². The van der Waals surface area contributed by atoms with Crippen molar-refractivity contribution in [3.8, 4) is 5.69 Å². The minimum Gasteiger partial charge on any atom is -0.362 e. The number of hydrogen-bond donors (Lipinski definition) is 0. The van der Waals surface area contributed by atoms with Gasteiger partial charge in [0.05, 0.1) is 5.69 Å². The molecule has 1 aromatic heterocycles. The molecule has 0 saturated heterocycles. The molecule has 3 nitrogen and oxygen atoms in total. The van der Waals surface area contributed by atoms with Crippen LogP contribution >= 0.6 is 0 Å². The molecule has 0 N–H and O–H groups in total. The second-order valence-corrected chi connectivity index (χ2v) is 4.06. The van der Waals surface area contributed by atoms with E-state index in [4.69, 9.17) is 6.57 Å². The van der Waals surface area contributed by atoms with Crippen molar-refractivity contribution in [2.45, 2.75) is 18.8 Å². The zero-order valence-electron chi connectivity index (χ0n) is 8.80. The van der Waals surface area contributed by atoms with Gasteiger partial charge in [0.1, 0.15) is 5.69 Å². The van der Waals surface area contributed by atoms with Gasteiger partial charge in [-0.2, -0.15) is 4.68 Å². The molecule has 0 bridgehead atoms. The zero-order chi connectivity index (χ0) is 11.0. The second-order valence-electron chi connectivity index (χ2n) is 4.06. The summed E-state index contributed by atoms with van der Waals surface area (Å²) in [6, 6.07) is 11.7. The van der Waals surface area contributed by atoms with E-state index < -0.39 is 0 Å². The first-order chi connectivity index (χ1) is 7.88. The van der Waals surface area contributed by atoms with Crippen LogP contribution in [0.4, 0.5) is 5.82 Å². The molecule has 1 saturated carbocycles. The first-order valence-corrected chi connectivity index (χ1v) is 5.41. The normalized spacial score (nSPS) is 14.7. The molecule has 0 amide bonds. The van der Waals surface area contributed by atoms with Crippen LogP contribution in [0.5, 0.6) is 0 Å². The van der Waals surface area contributed by atoms with Crippen molar-refractivity contribution >= 4 is 5.82 Å². The summed E-state index contributed by atoms with van der Waals surface area (Å²) in [6.45, 7) is 7.17. The summed E-state index contributed by atoms with van der Waals surface area (Å²) in [5, 5.41) is 4.52. The van der Waals surface area contributed by atoms with E-state index in [9.17, 15) is 0 Å². The number of benzene rings is 1. The lowest BCUT2D eigenvalue weighted by Gasteiger charge is -1.97. The van der Waals surface area contributed by atoms with Gasteiger partial charge in [0, 0.05) is 5.92 Å². The third-order valence-corrected chi connectivity index (χ3v) is 2.82. The van der Waals surface area contributed by atoms with E-state index in [-0.39, 0.29) is 0 Å². The predicted molar refractivity (Wildman–Crippen MR) is 61.8 cm³/mol. The molecule has 0 spiro atoms. The number of para-hydroxylation sites is 1. The fraction of sp³-hybridized carbons (Fsp3) is 0.231. The van der Waals surface area contributed by atoms with Gasteiger partial charge in [0.15, 0.2) is 0 Å². The Morgan fingerprint density at radius 3 is 2.62 bits per heavy atom. The van der Waals surface area contributed by atoms with E-state index in [0.717, 1.165) is 11.4 Å². The van der Waals surface area contributed by atoms with Crippen LogP contribution in [0.25, 0.3) is 10.5 Å². The molecule has 0 unspecified atom stereocenters. The van der Waals surface area contributed by atoms with Gasteiger partial charge in [-0.25, -0.2) is 0 Å². The van der Waals surface area contributed by atoms with Crippen LogP contribution < -0.4 is 0 Å². The molecule has 2 aromatic rings. The highest BCUT2D eigenvalue weighted by Crippen LogP contribution is 2.40. The van der Waals surface area contributed by atoms with Gasteiger partial charge < -0.3 is 4.85 Å². The third kappa shape index (κ3) is 1.49. The molecule has 1 aliphatic rings. The lowest BCUT2D eigenvalue weighted by molar-refractivity contribution is 0.847. The lowest BCUT2D eigenvalue weighted by atomic mass is 10.3. The summed E-state index contributed by atoms with van der Waals surface area (Å²) in [4.78, 5) is 3.53. The van der Waals surface area contributed by atoms with Crippen LogP contribution in [-0.4, -0.2) is 9.78 Å². The maximum Gasteiger partial charge on any atom is 0.257 e. The summed E-state index contributed by atoms with van der Waals surface area (Å²) >= 11 is 0. The number of aromatic nitrogens is 2. The van der Waals surface area contributed by atoms with Gasteiger partial charge in [0.2, 0.25) is 0 Å². The van der Waals surface area contributed by atoms with Crippen molar-refractivity contribution in [3.05, 3.63) is 53.5 Å². The molecule has 1 heterocycles. The zero-order valence-corrected chi connectivity index (χ0v) is 8.80. The monoisotopic (exact) mass is 209 g/mol. The number of nitrogens with zero attached hydrogens (tertiary/aromatic N) is 3. The Morgan fingerprint density at radius 2 is 2.00 bits per heavy atom. The van der Waals surface area contributed by atoms with Gasteiger partial charge in [-0.15, -0.1) is 5.10 Å². The fourth-order valence-electron chi connectivity index (χ4n) is 1.81. The first-order valence-electron chi connectivity index (χ1n) is 5.41. The highest BCUT2D eigenvalue weighted by Gasteiger charge is 2.28. The topological polar surface area (TPSA) is 22.2 Å². The Bertz CT molecular complexity index is 544. The smallest absolute Gasteiger partial charge is 0.257 e. The van der Waals surface area contributed by atoms with Gasteiger partial charge >= 0.3 is 0 Å². The maximum atomic E-state index is 7.17. The van der Waals surface area contributed by atoms with E-state index in [1.807, 2.05) is 36.4 Å². The van der Waals surface area contributed by atoms with Crippen molar-refractivity contribution in [1.29, 1.82) is 0 Å². The van der Waals surface area contributed by atoms with Gasteiger partial charge in [-0.1, -0.05) is 24.8 Å². The van der Waals surface area contributed by atoms with E-state index in [0.29, 0.717) is 11.7 Å². The van der Waals surface area contributed by atoms with E-state index in [2.05, 4.69) is 9.94 Å². The van der Waals surface area contributed by atoms with E-state index in [1.165, 1.54) is 12.8 Å². The first kappa shape index (κ1) is 9.17. The summed E-state index contributed by atoms with van der Waals surface area (Å²) in [5.74, 6) is 1.19. The Kier molecular flexibility index (Phi) is 2.00. The van der Waals surface area contributed by atoms with Crippen molar-refractivity contribution in [3.63, 3.8) is 0 Å². The minimum atomic E-state index is 0.588. The largest absolute Gasteiger partial charge is 0.362 e. The van der Waals surface area contributed by atoms with Crippen molar-refractivity contribution in [2.24, 2.45) is 0 Å². The number of hydrogen-bond acceptors (Lipinski definition) is 1. The average Bonchev–Trinajstić information content (AvgIpc) is 3.10. The van der Waals surface area contributed by atoms with E-state index >= 15 is 0 Å². The highest BCUT2D eigenvalue weighted by molar-refractivity contribution is 5.47. The predicted octanol–water partition coefficient (Wildman–Crippen LogP) is 3.30. The molecule has 16 heavy (non-hydrogen) atoms. The van der Waals surface area contributed by atoms with Crippen molar-refractivity contribution < 1.29 is 0 Å². The van der Waals surface area contributed by atoms with Gasteiger partial charge in [-0.05, 0) is 31.0 Å². The van der Waals surface area contributed by atoms with Crippen LogP contribution in [0.3, 0.4) is 0 Å². The Balaban J connectivity index is 2.09. The second kappa shape index (κ2) is 3.49. The van der Waals surface area contributed by atoms with Crippen LogP contribution in [0.15, 0.2) is 36.4 Å². The van der Waals surface area contributed by atoms with Crippen molar-refractivity contribution in [2.75, 3.05) is 0 Å². The van der Waals surface area contributed by atoms with Crippen LogP contribution in [0, 0.1) is 6.57 Å². The average molecular weight is 209 g/mol. The van der Waals surface area contributed by atoms with Gasteiger partial charge in [-0.3, -0.25) is 0 Å². The summed E-state index contributed by atoms with van der Waals surface area (Å²) < 4.78 is 1.74. The fourth-order valence-corrected chi connectivity index (χ4v) is 1.81. The SMILES string of the molecule is [C-]#[N+]c1cc(C2CC2)nn1-c1ccccc1. The Morgan fingerprint density at radius 1 is 1.25 bits per heavy atom. The van der Waals surface area contributed by atoms with Gasteiger partial charge in [0.25, 0.3) is 5.82 Å². The van der Waals surface area contributed by atoms with Crippen molar-refractivity contribution in [1.82, 2.24) is 9.78 Å². The molecule has 0 atom stereocenters. The summed E-state index contributed by atoms with van der Waals surface area (Å²) in [6.07, 6.45) is 2.42. The molecule has 1 fully saturated rings. The Hall–Kier alpha value is -2.08. The molecule has 78 valence electrons. The summed E-state index contributed by atoms with van der Waals surface area (Å²) in [5.41, 5.74) is 2.02. The van der Waals surface area contributed by atoms with Crippen LogP contribution in [-0.2, 0) is 0 Å². The molecule has 0 radical (unpaired) electrons. The third-order valence-electron chi connectivity index (χ3n) is 2.82. The number of rotatable bonds is 2. The minimum absolute atomic E-state index is 0.588. The molecule has 1 aliphatic carbocycles. The van der Waals surface area contributed by atoms with Crippen LogP contribution in [0.2, 0.25) is 0 Å². The molecule has 3 rings (SSSR count). The molecule has 3 heteroatoms. The Labute approximate surface area is 94.2 Å². The molecule has 0 aliphatic heterocycles. The standard InChI is InChI=1S/C13H11N3/c1-14-13-9-12(10-7-8-10)15-16(13)11-5-3-2-4-6-11/h2-6,9-10H,7-8H2. The maximum absolute atomic E-state index is 7.17. The summed E-state index contributed by atoms with van der Waals surface area (Å²) in [7, 11) is 0. The molecular formula is C13H11N3. The molecular weight excluding hydrogens is 198 g/mol. The molecule has 1 aromatic carbocycles. The lowest BCUT2D eigenvalue weighted by Crippen LogP contribution is -1.95. The van der Waals surface area contributed by atoms with Crippen LogP contribution in [0.1, 0.15) is 24.5 Å². The quantitative estimate of drug-likeness (QED) is 0.695. The highest BCUT2D eigenvalue weighted by atomic mass is 15.3.